The number of unbranched alkanes of at least 4 members (excludes halogenated alkanes) is 2. The van der Waals surface area contributed by atoms with Crippen LogP contribution >= 0.6 is 0 Å². The molecule has 1 fully saturated rings. The zero-order valence-corrected chi connectivity index (χ0v) is 11.5. The van der Waals surface area contributed by atoms with Crippen molar-refractivity contribution in [3.8, 4) is 0 Å². The van der Waals surface area contributed by atoms with Gasteiger partial charge in [0.15, 0.2) is 0 Å². The van der Waals surface area contributed by atoms with Crippen LogP contribution in [0.15, 0.2) is 0 Å². The molecule has 0 amide bonds. The molecule has 17 heavy (non-hydrogen) atoms. The minimum Gasteiger partial charge on any atom is -0.466 e. The van der Waals surface area contributed by atoms with Crippen LogP contribution in [-0.4, -0.2) is 52.8 Å². The summed E-state index contributed by atoms with van der Waals surface area (Å²) in [4.78, 5) is 13.4. The molecule has 0 saturated carbocycles. The third-order valence-electron chi connectivity index (χ3n) is 2.93. The van der Waals surface area contributed by atoms with Crippen LogP contribution in [0.3, 0.4) is 0 Å². The van der Waals surface area contributed by atoms with E-state index in [0.717, 1.165) is 50.4 Å². The molecule has 1 aliphatic rings. The summed E-state index contributed by atoms with van der Waals surface area (Å²) in [5, 5.41) is 0. The minimum absolute atomic E-state index is 0.0825. The molecule has 0 unspecified atom stereocenters. The third kappa shape index (κ3) is 6.78. The van der Waals surface area contributed by atoms with Crippen LogP contribution in [0.4, 0.5) is 0 Å². The molecule has 1 rings (SSSR count). The number of carbonyl (C=O) groups excluding carboxylic acids is 1. The predicted octanol–water partition coefficient (Wildman–Crippen LogP) is 1.17. The highest BCUT2D eigenvalue weighted by molar-refractivity contribution is 7.85. The van der Waals surface area contributed by atoms with E-state index in [9.17, 15) is 9.00 Å². The molecular formula is C12H23NO3S. The minimum atomic E-state index is -0.581. The molecule has 1 aliphatic heterocycles. The molecule has 0 aromatic rings. The second-order valence-electron chi connectivity index (χ2n) is 4.31. The van der Waals surface area contributed by atoms with Crippen LogP contribution < -0.4 is 0 Å². The van der Waals surface area contributed by atoms with E-state index in [2.05, 4.69) is 4.90 Å². The summed E-state index contributed by atoms with van der Waals surface area (Å²) in [6.07, 6.45) is 3.64. The summed E-state index contributed by atoms with van der Waals surface area (Å²) in [7, 11) is -0.581. The van der Waals surface area contributed by atoms with Gasteiger partial charge in [-0.25, -0.2) is 0 Å². The van der Waals surface area contributed by atoms with Crippen molar-refractivity contribution in [3.05, 3.63) is 0 Å². The highest BCUT2D eigenvalue weighted by atomic mass is 32.2. The van der Waals surface area contributed by atoms with E-state index < -0.39 is 10.8 Å². The lowest BCUT2D eigenvalue weighted by atomic mass is 10.2. The van der Waals surface area contributed by atoms with Crippen molar-refractivity contribution in [2.24, 2.45) is 0 Å². The predicted molar refractivity (Wildman–Crippen MR) is 69.4 cm³/mol. The highest BCUT2D eigenvalue weighted by Gasteiger charge is 2.14. The molecule has 1 saturated heterocycles. The van der Waals surface area contributed by atoms with E-state index in [4.69, 9.17) is 4.74 Å². The molecule has 0 atom stereocenters. The van der Waals surface area contributed by atoms with Gasteiger partial charge in [-0.3, -0.25) is 9.00 Å². The van der Waals surface area contributed by atoms with Gasteiger partial charge in [0.2, 0.25) is 0 Å². The van der Waals surface area contributed by atoms with E-state index in [1.165, 1.54) is 0 Å². The number of carbonyl (C=O) groups is 1. The van der Waals surface area contributed by atoms with E-state index in [1.54, 1.807) is 0 Å². The van der Waals surface area contributed by atoms with Gasteiger partial charge in [0, 0.05) is 41.8 Å². The normalized spacial score (nSPS) is 18.2. The molecule has 4 nitrogen and oxygen atoms in total. The Balaban J connectivity index is 1.94. The van der Waals surface area contributed by atoms with Gasteiger partial charge in [-0.15, -0.1) is 0 Å². The number of hydrogen-bond acceptors (Lipinski definition) is 4. The Bertz CT molecular complexity index is 248. The maximum atomic E-state index is 11.2. The number of esters is 1. The van der Waals surface area contributed by atoms with Gasteiger partial charge in [-0.1, -0.05) is 6.42 Å². The maximum Gasteiger partial charge on any atom is 0.305 e. The maximum absolute atomic E-state index is 11.2. The molecular weight excluding hydrogens is 238 g/mol. The zero-order chi connectivity index (χ0) is 12.5. The van der Waals surface area contributed by atoms with Crippen molar-refractivity contribution in [3.63, 3.8) is 0 Å². The Kier molecular flexibility index (Phi) is 7.44. The summed E-state index contributed by atoms with van der Waals surface area (Å²) >= 11 is 0. The van der Waals surface area contributed by atoms with Crippen molar-refractivity contribution in [1.82, 2.24) is 4.90 Å². The molecule has 5 heteroatoms. The summed E-state index contributed by atoms with van der Waals surface area (Å²) in [6.45, 7) is 5.30. The Hall–Kier alpha value is -0.420. The lowest BCUT2D eigenvalue weighted by Crippen LogP contribution is -2.38. The van der Waals surface area contributed by atoms with E-state index >= 15 is 0 Å². The van der Waals surface area contributed by atoms with Crippen LogP contribution in [0.2, 0.25) is 0 Å². The van der Waals surface area contributed by atoms with Gasteiger partial charge >= 0.3 is 5.97 Å². The molecule has 0 aromatic heterocycles. The topological polar surface area (TPSA) is 46.6 Å². The molecule has 0 bridgehead atoms. The number of rotatable bonds is 7. The fraction of sp³-hybridized carbons (Fsp3) is 0.917. The van der Waals surface area contributed by atoms with Gasteiger partial charge in [0.05, 0.1) is 6.61 Å². The zero-order valence-electron chi connectivity index (χ0n) is 10.7. The second kappa shape index (κ2) is 8.64. The first kappa shape index (κ1) is 14.6. The Morgan fingerprint density at radius 1 is 1.24 bits per heavy atom. The Labute approximate surface area is 106 Å². The smallest absolute Gasteiger partial charge is 0.305 e. The quantitative estimate of drug-likeness (QED) is 0.510. The SMILES string of the molecule is CCOC(=O)CCCCCN1CCS(=O)CC1. The van der Waals surface area contributed by atoms with E-state index in [-0.39, 0.29) is 5.97 Å². The van der Waals surface area contributed by atoms with Gasteiger partial charge in [-0.2, -0.15) is 0 Å². The van der Waals surface area contributed by atoms with Crippen molar-refractivity contribution >= 4 is 16.8 Å². The average Bonchev–Trinajstić information content (AvgIpc) is 2.31. The average molecular weight is 261 g/mol. The largest absolute Gasteiger partial charge is 0.466 e. The first-order valence-electron chi connectivity index (χ1n) is 6.45. The van der Waals surface area contributed by atoms with Crippen molar-refractivity contribution in [2.75, 3.05) is 37.7 Å². The van der Waals surface area contributed by atoms with Crippen molar-refractivity contribution < 1.29 is 13.7 Å². The van der Waals surface area contributed by atoms with Crippen LogP contribution in [0, 0.1) is 0 Å². The lowest BCUT2D eigenvalue weighted by Gasteiger charge is -2.25. The molecule has 1 heterocycles. The Morgan fingerprint density at radius 3 is 2.59 bits per heavy atom. The van der Waals surface area contributed by atoms with E-state index in [1.807, 2.05) is 6.92 Å². The molecule has 100 valence electrons. The standard InChI is InChI=1S/C12H23NO3S/c1-2-16-12(14)6-4-3-5-7-13-8-10-17(15)11-9-13/h2-11H2,1H3. The first-order chi connectivity index (χ1) is 8.22. The third-order valence-corrected chi connectivity index (χ3v) is 4.21. The fourth-order valence-electron chi connectivity index (χ4n) is 1.91. The first-order valence-corrected chi connectivity index (χ1v) is 7.94. The molecule has 0 aliphatic carbocycles. The van der Waals surface area contributed by atoms with Crippen LogP contribution in [0.25, 0.3) is 0 Å². The monoisotopic (exact) mass is 261 g/mol. The van der Waals surface area contributed by atoms with Gasteiger partial charge < -0.3 is 9.64 Å². The molecule has 0 aromatic carbocycles. The van der Waals surface area contributed by atoms with Gasteiger partial charge in [-0.05, 0) is 26.3 Å². The Morgan fingerprint density at radius 2 is 1.94 bits per heavy atom. The van der Waals surface area contributed by atoms with Crippen LogP contribution in [-0.2, 0) is 20.3 Å². The summed E-state index contributed by atoms with van der Waals surface area (Å²) in [5.74, 6) is 1.56. The van der Waals surface area contributed by atoms with Crippen LogP contribution in [0.5, 0.6) is 0 Å². The molecule has 0 spiro atoms. The number of nitrogens with zero attached hydrogens (tertiary/aromatic N) is 1. The second-order valence-corrected chi connectivity index (χ2v) is 6.00. The van der Waals surface area contributed by atoms with Crippen molar-refractivity contribution in [1.29, 1.82) is 0 Å². The summed E-state index contributed by atoms with van der Waals surface area (Å²) < 4.78 is 16.0. The van der Waals surface area contributed by atoms with Crippen molar-refractivity contribution in [2.45, 2.75) is 32.6 Å². The summed E-state index contributed by atoms with van der Waals surface area (Å²) in [5.41, 5.74) is 0. The number of hydrogen-bond donors (Lipinski definition) is 0. The van der Waals surface area contributed by atoms with Crippen LogP contribution in [0.1, 0.15) is 32.6 Å². The van der Waals surface area contributed by atoms with Gasteiger partial charge in [0.1, 0.15) is 0 Å². The summed E-state index contributed by atoms with van der Waals surface area (Å²) in [6, 6.07) is 0. The molecule has 0 N–H and O–H groups in total. The van der Waals surface area contributed by atoms with Gasteiger partial charge in [0.25, 0.3) is 0 Å². The fourth-order valence-corrected chi connectivity index (χ4v) is 3.04. The number of ether oxygens (including phenoxy) is 1. The highest BCUT2D eigenvalue weighted by Crippen LogP contribution is 2.05. The van der Waals surface area contributed by atoms with E-state index in [0.29, 0.717) is 13.0 Å². The lowest BCUT2D eigenvalue weighted by molar-refractivity contribution is -0.143. The molecule has 0 radical (unpaired) electrons.